The molecule has 1 heterocycles. The average molecular weight is 161 g/mol. The molecule has 1 aromatic heterocycles. The lowest BCUT2D eigenvalue weighted by molar-refractivity contribution is 0.830. The molecule has 1 heteroatoms. The highest BCUT2D eigenvalue weighted by Gasteiger charge is 2.16. The summed E-state index contributed by atoms with van der Waals surface area (Å²) in [4.78, 5) is 3.28. The summed E-state index contributed by atoms with van der Waals surface area (Å²) in [6, 6.07) is 2.19. The Bertz CT molecular complexity index is 305. The van der Waals surface area contributed by atoms with E-state index in [0.717, 1.165) is 0 Å². The van der Waals surface area contributed by atoms with Gasteiger partial charge in [0.1, 0.15) is 0 Å². The van der Waals surface area contributed by atoms with Crippen LogP contribution in [0.25, 0.3) is 5.57 Å². The Balaban J connectivity index is 2.34. The summed E-state index contributed by atoms with van der Waals surface area (Å²) in [5, 5.41) is 0. The Morgan fingerprint density at radius 3 is 3.00 bits per heavy atom. The van der Waals surface area contributed by atoms with Crippen LogP contribution in [-0.4, -0.2) is 4.98 Å². The van der Waals surface area contributed by atoms with E-state index in [-0.39, 0.29) is 0 Å². The molecule has 1 aromatic rings. The lowest BCUT2D eigenvalue weighted by atomic mass is 10.1. The minimum absolute atomic E-state index is 0.667. The van der Waals surface area contributed by atoms with Crippen LogP contribution in [0.1, 0.15) is 31.5 Å². The maximum Gasteiger partial charge on any atom is 0.0226 e. The number of aromatic amines is 1. The van der Waals surface area contributed by atoms with Gasteiger partial charge < -0.3 is 4.98 Å². The lowest BCUT2D eigenvalue weighted by Gasteiger charge is -1.99. The van der Waals surface area contributed by atoms with Crippen LogP contribution in [0.3, 0.4) is 0 Å². The number of fused-ring (bicyclic) bond motifs is 1. The number of H-pyrrole nitrogens is 1. The first-order valence-corrected chi connectivity index (χ1v) is 4.64. The standard InChI is InChI=1S/C11H15N/c1-8(2)7-9-3-4-11-10(9)5-6-12-11/h5-8,12H,3-4H2,1-2H3. The Morgan fingerprint density at radius 2 is 2.25 bits per heavy atom. The first kappa shape index (κ1) is 7.66. The molecule has 1 aliphatic rings. The van der Waals surface area contributed by atoms with Crippen molar-refractivity contribution in [2.24, 2.45) is 5.92 Å². The normalized spacial score (nSPS) is 19.1. The molecule has 1 aliphatic carbocycles. The van der Waals surface area contributed by atoms with Crippen molar-refractivity contribution in [3.63, 3.8) is 0 Å². The zero-order valence-electron chi connectivity index (χ0n) is 7.72. The molecule has 0 unspecified atom stereocenters. The van der Waals surface area contributed by atoms with Crippen molar-refractivity contribution in [1.29, 1.82) is 0 Å². The second-order valence-electron chi connectivity index (χ2n) is 3.81. The summed E-state index contributed by atoms with van der Waals surface area (Å²) < 4.78 is 0. The molecular formula is C11H15N. The predicted molar refractivity (Wildman–Crippen MR) is 51.9 cm³/mol. The van der Waals surface area contributed by atoms with Gasteiger partial charge in [-0.3, -0.25) is 0 Å². The maximum atomic E-state index is 3.28. The first-order valence-electron chi connectivity index (χ1n) is 4.64. The van der Waals surface area contributed by atoms with Crippen molar-refractivity contribution in [3.8, 4) is 0 Å². The van der Waals surface area contributed by atoms with Gasteiger partial charge in [0.25, 0.3) is 0 Å². The van der Waals surface area contributed by atoms with Gasteiger partial charge in [0.2, 0.25) is 0 Å². The van der Waals surface area contributed by atoms with Crippen LogP contribution >= 0.6 is 0 Å². The SMILES string of the molecule is CC(C)C=C1CCc2[nH]ccc21. The highest BCUT2D eigenvalue weighted by molar-refractivity contribution is 5.71. The summed E-state index contributed by atoms with van der Waals surface area (Å²) in [5.74, 6) is 0.667. The minimum atomic E-state index is 0.667. The molecule has 0 amide bonds. The van der Waals surface area contributed by atoms with Crippen LogP contribution in [0.5, 0.6) is 0 Å². The van der Waals surface area contributed by atoms with Gasteiger partial charge in [-0.15, -0.1) is 0 Å². The highest BCUT2D eigenvalue weighted by Crippen LogP contribution is 2.31. The molecule has 2 rings (SSSR count). The van der Waals surface area contributed by atoms with E-state index < -0.39 is 0 Å². The molecule has 64 valence electrons. The van der Waals surface area contributed by atoms with Crippen molar-refractivity contribution >= 4 is 5.57 Å². The fraction of sp³-hybridized carbons (Fsp3) is 0.455. The smallest absolute Gasteiger partial charge is 0.0226 e. The van der Waals surface area contributed by atoms with Gasteiger partial charge in [-0.25, -0.2) is 0 Å². The molecule has 0 aliphatic heterocycles. The van der Waals surface area contributed by atoms with Crippen molar-refractivity contribution in [1.82, 2.24) is 4.98 Å². The van der Waals surface area contributed by atoms with Gasteiger partial charge >= 0.3 is 0 Å². The van der Waals surface area contributed by atoms with Gasteiger partial charge in [0, 0.05) is 11.9 Å². The molecule has 0 saturated carbocycles. The second kappa shape index (κ2) is 2.81. The van der Waals surface area contributed by atoms with Crippen molar-refractivity contribution < 1.29 is 0 Å². The average Bonchev–Trinajstić information content (AvgIpc) is 2.52. The number of rotatable bonds is 1. The van der Waals surface area contributed by atoms with E-state index in [4.69, 9.17) is 0 Å². The van der Waals surface area contributed by atoms with Crippen molar-refractivity contribution in [2.45, 2.75) is 26.7 Å². The number of aromatic nitrogens is 1. The van der Waals surface area contributed by atoms with Crippen molar-refractivity contribution in [3.05, 3.63) is 29.6 Å². The Labute approximate surface area is 73.5 Å². The molecule has 0 atom stereocenters. The van der Waals surface area contributed by atoms with E-state index in [2.05, 4.69) is 31.0 Å². The van der Waals surface area contributed by atoms with Crippen LogP contribution in [0.2, 0.25) is 0 Å². The van der Waals surface area contributed by atoms with Gasteiger partial charge in [-0.2, -0.15) is 0 Å². The number of allylic oxidation sites excluding steroid dienone is 2. The zero-order chi connectivity index (χ0) is 8.55. The van der Waals surface area contributed by atoms with Crippen LogP contribution in [0, 0.1) is 5.92 Å². The van der Waals surface area contributed by atoms with Crippen molar-refractivity contribution in [2.75, 3.05) is 0 Å². The number of nitrogens with one attached hydrogen (secondary N) is 1. The molecule has 0 radical (unpaired) electrons. The monoisotopic (exact) mass is 161 g/mol. The van der Waals surface area contributed by atoms with E-state index in [1.54, 1.807) is 0 Å². The third-order valence-electron chi connectivity index (χ3n) is 2.36. The summed E-state index contributed by atoms with van der Waals surface area (Å²) in [6.07, 6.45) is 6.83. The van der Waals surface area contributed by atoms with Gasteiger partial charge in [0.15, 0.2) is 0 Å². The molecule has 0 spiro atoms. The third kappa shape index (κ3) is 1.20. The summed E-state index contributed by atoms with van der Waals surface area (Å²) in [5.41, 5.74) is 4.40. The first-order chi connectivity index (χ1) is 5.77. The fourth-order valence-corrected chi connectivity index (χ4v) is 1.88. The summed E-state index contributed by atoms with van der Waals surface area (Å²) in [6.45, 7) is 4.47. The molecule has 0 fully saturated rings. The Hall–Kier alpha value is -0.980. The Morgan fingerprint density at radius 1 is 1.42 bits per heavy atom. The quantitative estimate of drug-likeness (QED) is 0.651. The lowest BCUT2D eigenvalue weighted by Crippen LogP contribution is -1.82. The topological polar surface area (TPSA) is 15.8 Å². The molecule has 0 saturated heterocycles. The largest absolute Gasteiger partial charge is 0.364 e. The minimum Gasteiger partial charge on any atom is -0.364 e. The molecule has 12 heavy (non-hydrogen) atoms. The van der Waals surface area contributed by atoms with Gasteiger partial charge in [-0.1, -0.05) is 19.9 Å². The fourth-order valence-electron chi connectivity index (χ4n) is 1.88. The van der Waals surface area contributed by atoms with E-state index in [1.165, 1.54) is 29.7 Å². The maximum absolute atomic E-state index is 3.28. The summed E-state index contributed by atoms with van der Waals surface area (Å²) >= 11 is 0. The predicted octanol–water partition coefficient (Wildman–Crippen LogP) is 3.00. The third-order valence-corrected chi connectivity index (χ3v) is 2.36. The van der Waals surface area contributed by atoms with Crippen LogP contribution in [0.15, 0.2) is 18.3 Å². The van der Waals surface area contributed by atoms with E-state index in [1.807, 2.05) is 6.20 Å². The van der Waals surface area contributed by atoms with E-state index >= 15 is 0 Å². The summed E-state index contributed by atoms with van der Waals surface area (Å²) in [7, 11) is 0. The van der Waals surface area contributed by atoms with E-state index in [0.29, 0.717) is 5.92 Å². The van der Waals surface area contributed by atoms with Crippen LogP contribution in [-0.2, 0) is 6.42 Å². The number of hydrogen-bond donors (Lipinski definition) is 1. The molecule has 1 nitrogen and oxygen atoms in total. The second-order valence-corrected chi connectivity index (χ2v) is 3.81. The van der Waals surface area contributed by atoms with Crippen LogP contribution < -0.4 is 0 Å². The molecule has 0 aromatic carbocycles. The highest BCUT2D eigenvalue weighted by atomic mass is 14.7. The number of aryl methyl sites for hydroxylation is 1. The zero-order valence-corrected chi connectivity index (χ0v) is 7.72. The molecule has 0 bridgehead atoms. The van der Waals surface area contributed by atoms with Crippen LogP contribution in [0.4, 0.5) is 0 Å². The Kier molecular flexibility index (Phi) is 1.80. The van der Waals surface area contributed by atoms with Gasteiger partial charge in [-0.05, 0) is 36.0 Å². The molecule has 1 N–H and O–H groups in total. The molecular weight excluding hydrogens is 146 g/mol. The van der Waals surface area contributed by atoms with Gasteiger partial charge in [0.05, 0.1) is 0 Å². The number of hydrogen-bond acceptors (Lipinski definition) is 0. The van der Waals surface area contributed by atoms with E-state index in [9.17, 15) is 0 Å².